The van der Waals surface area contributed by atoms with Gasteiger partial charge in [-0.25, -0.2) is 4.79 Å². The van der Waals surface area contributed by atoms with Crippen LogP contribution in [0.15, 0.2) is 0 Å². The molecule has 2 rings (SSSR count). The Morgan fingerprint density at radius 1 is 1.35 bits per heavy atom. The Labute approximate surface area is 158 Å². The number of ether oxygens (including phenoxy) is 2. The third kappa shape index (κ3) is 3.30. The molecule has 2 aliphatic heterocycles. The SMILES string of the molecule is CC(C)(C)C(=O)OCOC(=O)[C@@H]1N2C(=O)[C@@](Cl)(I)[C@H]2SC1(C)C. The van der Waals surface area contributed by atoms with E-state index in [1.165, 1.54) is 16.7 Å². The topological polar surface area (TPSA) is 72.9 Å². The van der Waals surface area contributed by atoms with E-state index in [0.29, 0.717) is 0 Å². The van der Waals surface area contributed by atoms with Crippen molar-refractivity contribution in [3.05, 3.63) is 0 Å². The molecule has 9 heteroatoms. The minimum atomic E-state index is -1.02. The first-order valence-electron chi connectivity index (χ1n) is 7.02. The van der Waals surface area contributed by atoms with Gasteiger partial charge >= 0.3 is 11.9 Å². The molecule has 0 saturated carbocycles. The maximum absolute atomic E-state index is 12.4. The number of hydrogen-bond acceptors (Lipinski definition) is 6. The lowest BCUT2D eigenvalue weighted by Gasteiger charge is -2.46. The molecule has 3 atom stereocenters. The maximum atomic E-state index is 12.4. The van der Waals surface area contributed by atoms with E-state index in [-0.39, 0.29) is 11.3 Å². The number of fused-ring (bicyclic) bond motifs is 1. The fraction of sp³-hybridized carbons (Fsp3) is 0.786. The van der Waals surface area contributed by atoms with Crippen molar-refractivity contribution in [2.24, 2.45) is 5.41 Å². The number of nitrogens with zero attached hydrogens (tertiary/aromatic N) is 1. The average Bonchev–Trinajstić information content (AvgIpc) is 2.67. The zero-order valence-corrected chi connectivity index (χ0v) is 17.2. The predicted molar refractivity (Wildman–Crippen MR) is 95.2 cm³/mol. The number of amides is 1. The molecule has 2 heterocycles. The number of β-lactam (4-membered cyclic amide) rings is 1. The van der Waals surface area contributed by atoms with Crippen molar-refractivity contribution >= 4 is 63.8 Å². The Morgan fingerprint density at radius 2 is 1.91 bits per heavy atom. The highest BCUT2D eigenvalue weighted by Crippen LogP contribution is 2.59. The van der Waals surface area contributed by atoms with Crippen LogP contribution in [-0.2, 0) is 23.9 Å². The third-order valence-corrected chi connectivity index (χ3v) is 7.27. The van der Waals surface area contributed by atoms with Crippen LogP contribution in [0.1, 0.15) is 34.6 Å². The van der Waals surface area contributed by atoms with Gasteiger partial charge in [-0.1, -0.05) is 11.6 Å². The zero-order chi connectivity index (χ0) is 17.8. The number of hydrogen-bond donors (Lipinski definition) is 0. The summed E-state index contributed by atoms with van der Waals surface area (Å²) in [7, 11) is 0. The number of carbonyl (C=O) groups is 3. The van der Waals surface area contributed by atoms with Crippen LogP contribution in [-0.4, -0.2) is 48.6 Å². The van der Waals surface area contributed by atoms with Crippen LogP contribution in [0.4, 0.5) is 0 Å². The second kappa shape index (κ2) is 5.94. The molecule has 2 aliphatic rings. The van der Waals surface area contributed by atoms with Gasteiger partial charge in [0.1, 0.15) is 11.4 Å². The number of thioether (sulfide) groups is 1. The maximum Gasteiger partial charge on any atom is 0.333 e. The first-order valence-corrected chi connectivity index (χ1v) is 9.36. The van der Waals surface area contributed by atoms with Crippen molar-refractivity contribution in [3.8, 4) is 0 Å². The van der Waals surface area contributed by atoms with Gasteiger partial charge in [-0.2, -0.15) is 0 Å². The van der Waals surface area contributed by atoms with Crippen LogP contribution in [0.2, 0.25) is 0 Å². The van der Waals surface area contributed by atoms with E-state index in [1.54, 1.807) is 20.8 Å². The van der Waals surface area contributed by atoms with E-state index in [4.69, 9.17) is 21.1 Å². The quantitative estimate of drug-likeness (QED) is 0.205. The van der Waals surface area contributed by atoms with Gasteiger partial charge in [-0.3, -0.25) is 9.59 Å². The van der Waals surface area contributed by atoms with Gasteiger partial charge in [-0.15, -0.1) is 11.8 Å². The van der Waals surface area contributed by atoms with Crippen LogP contribution in [0.3, 0.4) is 0 Å². The predicted octanol–water partition coefficient (Wildman–Crippen LogP) is 2.51. The Kier molecular flexibility index (Phi) is 4.94. The highest BCUT2D eigenvalue weighted by molar-refractivity contribution is 14.1. The Hall–Kier alpha value is -0.220. The molecule has 2 saturated heterocycles. The summed E-state index contributed by atoms with van der Waals surface area (Å²) in [4.78, 5) is 37.6. The summed E-state index contributed by atoms with van der Waals surface area (Å²) in [5.41, 5.74) is -0.674. The molecule has 0 aliphatic carbocycles. The van der Waals surface area contributed by atoms with Gasteiger partial charge in [0.2, 0.25) is 9.67 Å². The molecule has 2 fully saturated rings. The van der Waals surface area contributed by atoms with Gasteiger partial charge in [-0.05, 0) is 57.2 Å². The molecule has 0 unspecified atom stereocenters. The van der Waals surface area contributed by atoms with E-state index in [1.807, 2.05) is 36.4 Å². The van der Waals surface area contributed by atoms with Gasteiger partial charge < -0.3 is 14.4 Å². The molecule has 0 aromatic carbocycles. The Morgan fingerprint density at radius 3 is 2.43 bits per heavy atom. The first-order chi connectivity index (χ1) is 10.3. The van der Waals surface area contributed by atoms with E-state index in [2.05, 4.69) is 0 Å². The van der Waals surface area contributed by atoms with Gasteiger partial charge in [0.15, 0.2) is 0 Å². The van der Waals surface area contributed by atoms with E-state index in [9.17, 15) is 14.4 Å². The van der Waals surface area contributed by atoms with Crippen LogP contribution in [0.5, 0.6) is 0 Å². The molecule has 130 valence electrons. The van der Waals surface area contributed by atoms with Crippen molar-refractivity contribution in [1.82, 2.24) is 4.90 Å². The number of esters is 2. The summed E-state index contributed by atoms with van der Waals surface area (Å²) < 4.78 is 8.44. The molecule has 0 bridgehead atoms. The highest BCUT2D eigenvalue weighted by Gasteiger charge is 2.70. The molecule has 23 heavy (non-hydrogen) atoms. The summed E-state index contributed by atoms with van der Waals surface area (Å²) in [6.45, 7) is 8.38. The summed E-state index contributed by atoms with van der Waals surface area (Å²) in [5, 5.41) is -0.276. The van der Waals surface area contributed by atoms with Crippen molar-refractivity contribution in [3.63, 3.8) is 0 Å². The van der Waals surface area contributed by atoms with Crippen molar-refractivity contribution in [2.45, 2.75) is 53.7 Å². The first kappa shape index (κ1) is 19.1. The Bertz CT molecular complexity index is 560. The van der Waals surface area contributed by atoms with E-state index < -0.39 is 37.8 Å². The lowest BCUT2D eigenvalue weighted by molar-refractivity contribution is -0.179. The molecule has 1 amide bonds. The lowest BCUT2D eigenvalue weighted by atomic mass is 9.97. The van der Waals surface area contributed by atoms with Crippen molar-refractivity contribution in [2.75, 3.05) is 6.79 Å². The molecular weight excluding hydrogens is 457 g/mol. The van der Waals surface area contributed by atoms with Gasteiger partial charge in [0.25, 0.3) is 5.91 Å². The number of halogens is 2. The summed E-state index contributed by atoms with van der Waals surface area (Å²) >= 11 is 9.57. The summed E-state index contributed by atoms with van der Waals surface area (Å²) in [5.74, 6) is -1.35. The van der Waals surface area contributed by atoms with Crippen LogP contribution >= 0.6 is 46.0 Å². The second-order valence-corrected chi connectivity index (χ2v) is 11.7. The standard InChI is InChI=1S/C14H19ClINO5S/c1-12(2,3)11(20)22-6-21-8(18)7-13(4,5)23-10-14(15,16)9(19)17(7)10/h7,10H,6H2,1-5H3/t7-,10+,14+/m0/s1. The summed E-state index contributed by atoms with van der Waals surface area (Å²) in [6.07, 6.45) is 0. The van der Waals surface area contributed by atoms with E-state index >= 15 is 0 Å². The molecule has 0 N–H and O–H groups in total. The minimum absolute atomic E-state index is 0.276. The van der Waals surface area contributed by atoms with Crippen LogP contribution in [0, 0.1) is 5.41 Å². The number of rotatable bonds is 3. The molecule has 0 radical (unpaired) electrons. The van der Waals surface area contributed by atoms with Crippen LogP contribution in [0.25, 0.3) is 0 Å². The second-order valence-electron chi connectivity index (χ2n) is 7.07. The fourth-order valence-electron chi connectivity index (χ4n) is 2.40. The van der Waals surface area contributed by atoms with Crippen molar-refractivity contribution < 1.29 is 23.9 Å². The monoisotopic (exact) mass is 475 g/mol. The summed E-state index contributed by atoms with van der Waals surface area (Å²) in [6, 6.07) is -0.750. The molecule has 6 nitrogen and oxygen atoms in total. The smallest absolute Gasteiger partial charge is 0.333 e. The minimum Gasteiger partial charge on any atom is -0.427 e. The molecular formula is C14H19ClINO5S. The lowest BCUT2D eigenvalue weighted by Crippen LogP contribution is -2.68. The van der Waals surface area contributed by atoms with Gasteiger partial charge in [0, 0.05) is 4.75 Å². The fourth-order valence-corrected chi connectivity index (χ4v) is 5.19. The van der Waals surface area contributed by atoms with Crippen molar-refractivity contribution in [1.29, 1.82) is 0 Å². The molecule has 0 spiro atoms. The highest BCUT2D eigenvalue weighted by atomic mass is 127. The molecule has 0 aromatic heterocycles. The molecule has 0 aromatic rings. The normalized spacial score (nSPS) is 32.1. The van der Waals surface area contributed by atoms with Crippen LogP contribution < -0.4 is 0 Å². The number of carbonyl (C=O) groups excluding carboxylic acids is 3. The number of alkyl halides is 2. The average molecular weight is 476 g/mol. The zero-order valence-electron chi connectivity index (χ0n) is 13.5. The van der Waals surface area contributed by atoms with E-state index in [0.717, 1.165) is 0 Å². The Balaban J connectivity index is 2.00. The largest absolute Gasteiger partial charge is 0.427 e. The van der Waals surface area contributed by atoms with Gasteiger partial charge in [0.05, 0.1) is 5.41 Å². The third-order valence-electron chi connectivity index (χ3n) is 3.66.